The van der Waals surface area contributed by atoms with Gasteiger partial charge in [-0.1, -0.05) is 0 Å². The second-order valence-corrected chi connectivity index (χ2v) is 6.98. The standard InChI is InChI=1S/C18H24N2O5/c1-24-16(22)4-3-15(21)19-8-2-6-18(12-19)7-9-20(13-18)17(23)14-5-10-25-11-14/h5,10-11H,2-4,6-9,12-13H2,1H3. The van der Waals surface area contributed by atoms with Crippen LogP contribution in [-0.4, -0.2) is 60.9 Å². The Balaban J connectivity index is 1.58. The van der Waals surface area contributed by atoms with E-state index in [1.54, 1.807) is 6.07 Å². The van der Waals surface area contributed by atoms with Crippen LogP contribution in [0, 0.1) is 5.41 Å². The van der Waals surface area contributed by atoms with Crippen LogP contribution in [0.5, 0.6) is 0 Å². The number of amides is 2. The van der Waals surface area contributed by atoms with Crippen molar-refractivity contribution in [3.63, 3.8) is 0 Å². The van der Waals surface area contributed by atoms with Gasteiger partial charge in [-0.25, -0.2) is 0 Å². The molecule has 7 heteroatoms. The number of nitrogens with zero attached hydrogens (tertiary/aromatic N) is 2. The molecule has 2 amide bonds. The van der Waals surface area contributed by atoms with E-state index in [1.165, 1.54) is 19.6 Å². The van der Waals surface area contributed by atoms with Gasteiger partial charge in [0.2, 0.25) is 5.91 Å². The second kappa shape index (κ2) is 7.29. The Morgan fingerprint density at radius 2 is 1.96 bits per heavy atom. The van der Waals surface area contributed by atoms with Gasteiger partial charge in [0.25, 0.3) is 5.91 Å². The minimum atomic E-state index is -0.363. The van der Waals surface area contributed by atoms with Gasteiger partial charge < -0.3 is 19.0 Å². The first-order valence-electron chi connectivity index (χ1n) is 8.69. The zero-order valence-corrected chi connectivity index (χ0v) is 14.5. The summed E-state index contributed by atoms with van der Waals surface area (Å²) in [4.78, 5) is 39.8. The van der Waals surface area contributed by atoms with E-state index >= 15 is 0 Å². The smallest absolute Gasteiger partial charge is 0.306 e. The van der Waals surface area contributed by atoms with E-state index in [1.807, 2.05) is 9.80 Å². The van der Waals surface area contributed by atoms with Crippen molar-refractivity contribution in [2.24, 2.45) is 5.41 Å². The lowest BCUT2D eigenvalue weighted by Crippen LogP contribution is -2.47. The van der Waals surface area contributed by atoms with Crippen LogP contribution in [-0.2, 0) is 14.3 Å². The third kappa shape index (κ3) is 3.86. The minimum Gasteiger partial charge on any atom is -0.472 e. The number of rotatable bonds is 4. The number of methoxy groups -OCH3 is 1. The molecule has 7 nitrogen and oxygen atoms in total. The summed E-state index contributed by atoms with van der Waals surface area (Å²) >= 11 is 0. The van der Waals surface area contributed by atoms with Gasteiger partial charge in [0.05, 0.1) is 25.4 Å². The average Bonchev–Trinajstić information content (AvgIpc) is 3.29. The lowest BCUT2D eigenvalue weighted by molar-refractivity contribution is -0.144. The molecule has 0 saturated carbocycles. The number of esters is 1. The summed E-state index contributed by atoms with van der Waals surface area (Å²) in [6.45, 7) is 2.74. The molecular weight excluding hydrogens is 324 g/mol. The summed E-state index contributed by atoms with van der Waals surface area (Å²) in [5.41, 5.74) is 0.539. The van der Waals surface area contributed by atoms with Crippen molar-refractivity contribution in [2.75, 3.05) is 33.3 Å². The predicted octanol–water partition coefficient (Wildman–Crippen LogP) is 1.69. The second-order valence-electron chi connectivity index (χ2n) is 6.98. The van der Waals surface area contributed by atoms with Crippen LogP contribution in [0.25, 0.3) is 0 Å². The number of hydrogen-bond donors (Lipinski definition) is 0. The molecule has 3 heterocycles. The van der Waals surface area contributed by atoms with Crippen LogP contribution < -0.4 is 0 Å². The number of carbonyl (C=O) groups excluding carboxylic acids is 3. The molecule has 0 bridgehead atoms. The van der Waals surface area contributed by atoms with E-state index in [9.17, 15) is 14.4 Å². The molecule has 0 aromatic carbocycles. The van der Waals surface area contributed by atoms with Gasteiger partial charge in [-0.05, 0) is 25.3 Å². The lowest BCUT2D eigenvalue weighted by Gasteiger charge is -2.40. The molecule has 136 valence electrons. The summed E-state index contributed by atoms with van der Waals surface area (Å²) in [7, 11) is 1.33. The Morgan fingerprint density at radius 1 is 1.16 bits per heavy atom. The summed E-state index contributed by atoms with van der Waals surface area (Å²) in [5.74, 6) is -0.387. The third-order valence-electron chi connectivity index (χ3n) is 5.28. The van der Waals surface area contributed by atoms with Gasteiger partial charge in [0, 0.05) is 38.0 Å². The molecule has 1 spiro atoms. The minimum absolute atomic E-state index is 0.0101. The third-order valence-corrected chi connectivity index (χ3v) is 5.28. The van der Waals surface area contributed by atoms with Gasteiger partial charge >= 0.3 is 5.97 Å². The fourth-order valence-electron chi connectivity index (χ4n) is 3.90. The molecule has 1 atom stereocenters. The maximum absolute atomic E-state index is 12.5. The van der Waals surface area contributed by atoms with Crippen LogP contribution >= 0.6 is 0 Å². The molecule has 0 N–H and O–H groups in total. The number of piperidine rings is 1. The van der Waals surface area contributed by atoms with Gasteiger partial charge in [0.15, 0.2) is 0 Å². The molecule has 1 aromatic heterocycles. The largest absolute Gasteiger partial charge is 0.472 e. The molecule has 1 unspecified atom stereocenters. The monoisotopic (exact) mass is 348 g/mol. The van der Waals surface area contributed by atoms with Crippen molar-refractivity contribution >= 4 is 17.8 Å². The first-order valence-corrected chi connectivity index (χ1v) is 8.69. The van der Waals surface area contributed by atoms with Gasteiger partial charge in [-0.15, -0.1) is 0 Å². The fourth-order valence-corrected chi connectivity index (χ4v) is 3.90. The molecule has 25 heavy (non-hydrogen) atoms. The summed E-state index contributed by atoms with van der Waals surface area (Å²) in [6, 6.07) is 1.68. The van der Waals surface area contributed by atoms with Crippen LogP contribution in [0.4, 0.5) is 0 Å². The highest BCUT2D eigenvalue weighted by atomic mass is 16.5. The average molecular weight is 348 g/mol. The number of carbonyl (C=O) groups is 3. The van der Waals surface area contributed by atoms with Crippen molar-refractivity contribution in [3.05, 3.63) is 24.2 Å². The Hall–Kier alpha value is -2.31. The van der Waals surface area contributed by atoms with E-state index in [2.05, 4.69) is 4.74 Å². The maximum Gasteiger partial charge on any atom is 0.306 e. The topological polar surface area (TPSA) is 80.1 Å². The molecule has 2 saturated heterocycles. The van der Waals surface area contributed by atoms with Gasteiger partial charge in [-0.3, -0.25) is 14.4 Å². The molecule has 0 aliphatic carbocycles. The molecule has 2 fully saturated rings. The molecule has 2 aliphatic rings. The quantitative estimate of drug-likeness (QED) is 0.774. The molecule has 1 aromatic rings. The lowest BCUT2D eigenvalue weighted by atomic mass is 9.79. The number of furan rings is 1. The van der Waals surface area contributed by atoms with Gasteiger partial charge in [-0.2, -0.15) is 0 Å². The number of ether oxygens (including phenoxy) is 1. The molecule has 3 rings (SSSR count). The SMILES string of the molecule is COC(=O)CCC(=O)N1CCCC2(CCN(C(=O)c3ccoc3)C2)C1. The fraction of sp³-hybridized carbons (Fsp3) is 0.611. The van der Waals surface area contributed by atoms with E-state index < -0.39 is 0 Å². The van der Waals surface area contributed by atoms with Crippen molar-refractivity contribution in [1.29, 1.82) is 0 Å². The van der Waals surface area contributed by atoms with Gasteiger partial charge in [0.1, 0.15) is 6.26 Å². The van der Waals surface area contributed by atoms with E-state index in [0.29, 0.717) is 25.2 Å². The zero-order chi connectivity index (χ0) is 17.9. The molecular formula is C18H24N2O5. The number of hydrogen-bond acceptors (Lipinski definition) is 5. The van der Waals surface area contributed by atoms with Crippen molar-refractivity contribution in [2.45, 2.75) is 32.1 Å². The van der Waals surface area contributed by atoms with Crippen LogP contribution in [0.1, 0.15) is 42.5 Å². The Labute approximate surface area is 146 Å². The maximum atomic E-state index is 12.5. The van der Waals surface area contributed by atoms with Crippen LogP contribution in [0.3, 0.4) is 0 Å². The highest BCUT2D eigenvalue weighted by Crippen LogP contribution is 2.39. The highest BCUT2D eigenvalue weighted by molar-refractivity contribution is 5.94. The Bertz CT molecular complexity index is 642. The molecule has 2 aliphatic heterocycles. The van der Waals surface area contributed by atoms with Crippen molar-refractivity contribution in [1.82, 2.24) is 9.80 Å². The summed E-state index contributed by atoms with van der Waals surface area (Å²) < 4.78 is 9.59. The summed E-state index contributed by atoms with van der Waals surface area (Å²) in [6.07, 6.45) is 6.11. The Kier molecular flexibility index (Phi) is 5.11. The number of likely N-dealkylation sites (tertiary alicyclic amines) is 2. The van der Waals surface area contributed by atoms with Crippen LogP contribution in [0.15, 0.2) is 23.0 Å². The van der Waals surface area contributed by atoms with E-state index in [-0.39, 0.29) is 36.0 Å². The first-order chi connectivity index (χ1) is 12.0. The van der Waals surface area contributed by atoms with Crippen LogP contribution in [0.2, 0.25) is 0 Å². The highest BCUT2D eigenvalue weighted by Gasteiger charge is 2.43. The normalized spacial score (nSPS) is 23.1. The van der Waals surface area contributed by atoms with Crippen molar-refractivity contribution < 1.29 is 23.5 Å². The Morgan fingerprint density at radius 3 is 2.68 bits per heavy atom. The van der Waals surface area contributed by atoms with E-state index in [4.69, 9.17) is 4.42 Å². The van der Waals surface area contributed by atoms with E-state index in [0.717, 1.165) is 25.8 Å². The van der Waals surface area contributed by atoms with Crippen molar-refractivity contribution in [3.8, 4) is 0 Å². The summed E-state index contributed by atoms with van der Waals surface area (Å²) in [5, 5.41) is 0. The zero-order valence-electron chi connectivity index (χ0n) is 14.5. The molecule has 0 radical (unpaired) electrons. The first kappa shape index (κ1) is 17.5. The predicted molar refractivity (Wildman–Crippen MR) is 88.7 cm³/mol.